The van der Waals surface area contributed by atoms with Crippen LogP contribution in [0.25, 0.3) is 0 Å². The number of likely N-dealkylation sites (N-methyl/N-ethyl adjacent to an activating group) is 1. The van der Waals surface area contributed by atoms with Crippen molar-refractivity contribution in [2.24, 2.45) is 40.4 Å². The van der Waals surface area contributed by atoms with Crippen LogP contribution in [0, 0.1) is 40.4 Å². The van der Waals surface area contributed by atoms with E-state index in [0.29, 0.717) is 30.7 Å². The van der Waals surface area contributed by atoms with Crippen molar-refractivity contribution in [3.8, 4) is 0 Å². The molecule has 4 saturated carbocycles. The van der Waals surface area contributed by atoms with Crippen LogP contribution in [0.15, 0.2) is 48.1 Å². The van der Waals surface area contributed by atoms with E-state index >= 15 is 0 Å². The maximum Gasteiger partial charge on any atom is 0.303 e. The Kier molecular flexibility index (Phi) is 10.8. The van der Waals surface area contributed by atoms with Crippen molar-refractivity contribution in [2.75, 3.05) is 20.7 Å². The number of allylic oxidation sites excluding steroid dienone is 4. The van der Waals surface area contributed by atoms with Crippen molar-refractivity contribution in [1.82, 2.24) is 4.90 Å². The third-order valence-corrected chi connectivity index (χ3v) is 13.7. The van der Waals surface area contributed by atoms with Gasteiger partial charge >= 0.3 is 5.97 Å². The largest absolute Gasteiger partial charge is 0.458 e. The fraction of sp³-hybridized carbons (Fsp3) is 0.683. The maximum atomic E-state index is 12.9. The van der Waals surface area contributed by atoms with Gasteiger partial charge in [-0.05, 0) is 113 Å². The minimum atomic E-state index is -1.61. The molecule has 1 aromatic rings. The molecular formula is C41H58ClNO6. The number of carbonyl (C=O) groups is 3. The molecule has 2 N–H and O–H groups in total. The SMILES string of the molecule is CC(=O)OCC(=O)[C@@]1(O)CC[C@H]2[C@@H]3C[C@H](C)C4=CC(=O)C=C[C@]4(C)[C@H]3[C@@H](O)C[C@@]21C.CC(C)CC(N(C)C)C1(c2ccc(Cl)cc2)CCC1. The summed E-state index contributed by atoms with van der Waals surface area (Å²) in [4.78, 5) is 38.5. The Balaban J connectivity index is 0.000000212. The van der Waals surface area contributed by atoms with Gasteiger partial charge in [0.15, 0.2) is 12.4 Å². The summed E-state index contributed by atoms with van der Waals surface area (Å²) in [7, 11) is 4.45. The molecule has 8 heteroatoms. The van der Waals surface area contributed by atoms with E-state index in [1.54, 1.807) is 12.2 Å². The molecule has 0 radical (unpaired) electrons. The Morgan fingerprint density at radius 2 is 1.76 bits per heavy atom. The number of carbonyl (C=O) groups excluding carboxylic acids is 3. The van der Waals surface area contributed by atoms with E-state index in [2.05, 4.69) is 58.8 Å². The topological polar surface area (TPSA) is 104 Å². The first kappa shape index (κ1) is 37.9. The summed E-state index contributed by atoms with van der Waals surface area (Å²) in [6.07, 6.45) is 11.9. The quantitative estimate of drug-likeness (QED) is 0.279. The molecule has 0 heterocycles. The van der Waals surface area contributed by atoms with Crippen LogP contribution in [0.3, 0.4) is 0 Å². The molecule has 0 saturated heterocycles. The lowest BCUT2D eigenvalue weighted by Crippen LogP contribution is -2.62. The van der Waals surface area contributed by atoms with Gasteiger partial charge in [0, 0.05) is 40.2 Å². The molecule has 5 aliphatic rings. The van der Waals surface area contributed by atoms with E-state index in [0.717, 1.165) is 22.9 Å². The Bertz CT molecular complexity index is 1480. The molecule has 49 heavy (non-hydrogen) atoms. The fourth-order valence-electron chi connectivity index (χ4n) is 11.0. The van der Waals surface area contributed by atoms with Crippen molar-refractivity contribution in [2.45, 2.75) is 116 Å². The van der Waals surface area contributed by atoms with Gasteiger partial charge in [-0.2, -0.15) is 0 Å². The molecule has 6 rings (SSSR count). The third-order valence-electron chi connectivity index (χ3n) is 13.5. The first-order valence-corrected chi connectivity index (χ1v) is 18.7. The maximum absolute atomic E-state index is 12.9. The van der Waals surface area contributed by atoms with E-state index in [1.165, 1.54) is 38.2 Å². The Morgan fingerprint density at radius 1 is 1.10 bits per heavy atom. The lowest BCUT2D eigenvalue weighted by molar-refractivity contribution is -0.182. The van der Waals surface area contributed by atoms with Gasteiger partial charge in [-0.15, -0.1) is 0 Å². The van der Waals surface area contributed by atoms with Gasteiger partial charge in [-0.1, -0.05) is 76.4 Å². The summed E-state index contributed by atoms with van der Waals surface area (Å²) in [6.45, 7) is 11.6. The van der Waals surface area contributed by atoms with Crippen LogP contribution in [0.2, 0.25) is 5.02 Å². The number of esters is 1. The first-order valence-electron chi connectivity index (χ1n) is 18.3. The Hall–Kier alpha value is -2.32. The Morgan fingerprint density at radius 3 is 2.31 bits per heavy atom. The number of Topliss-reactive ketones (excluding diaryl/α,β-unsaturated/α-hetero) is 1. The minimum Gasteiger partial charge on any atom is -0.458 e. The standard InChI is InChI=1S/C24H32O6.C17H26ClN/c1-13-9-16-17-6-8-24(29,20(28)12-30-14(2)25)23(17,4)11-19(27)21(16)22(3)7-5-15(26)10-18(13)22;1-13(2)12-16(19(3)4)17(10-5-11-17)14-6-8-15(18)9-7-14/h5,7,10,13,16-17,19,21,27,29H,6,8-9,11-12H2,1-4H3;6-9,13,16H,5,10-12H2,1-4H3/t13-,16-,17-,19-,21+,22-,23-,24-;/m0./s1. The average molecular weight is 696 g/mol. The van der Waals surface area contributed by atoms with E-state index in [-0.39, 0.29) is 29.5 Å². The lowest BCUT2D eigenvalue weighted by atomic mass is 9.45. The normalized spacial score (nSPS) is 36.4. The monoisotopic (exact) mass is 695 g/mol. The zero-order valence-corrected chi connectivity index (χ0v) is 31.6. The van der Waals surface area contributed by atoms with Crippen LogP contribution in [-0.4, -0.2) is 71.1 Å². The highest BCUT2D eigenvalue weighted by Crippen LogP contribution is 2.67. The predicted molar refractivity (Wildman–Crippen MR) is 193 cm³/mol. The van der Waals surface area contributed by atoms with Crippen LogP contribution < -0.4 is 0 Å². The summed E-state index contributed by atoms with van der Waals surface area (Å²) in [5, 5.41) is 23.7. The zero-order chi connectivity index (χ0) is 36.1. The highest BCUT2D eigenvalue weighted by molar-refractivity contribution is 6.30. The highest BCUT2D eigenvalue weighted by Gasteiger charge is 2.68. The molecule has 4 fully saturated rings. The number of hydrogen-bond donors (Lipinski definition) is 2. The molecule has 0 amide bonds. The van der Waals surface area contributed by atoms with Crippen molar-refractivity contribution in [3.05, 3.63) is 58.7 Å². The minimum absolute atomic E-state index is 0.00535. The van der Waals surface area contributed by atoms with Gasteiger partial charge < -0.3 is 19.8 Å². The van der Waals surface area contributed by atoms with Gasteiger partial charge in [-0.25, -0.2) is 0 Å². The molecule has 7 nitrogen and oxygen atoms in total. The molecule has 9 atom stereocenters. The van der Waals surface area contributed by atoms with Crippen LogP contribution in [0.5, 0.6) is 0 Å². The number of nitrogens with zero attached hydrogens (tertiary/aromatic N) is 1. The molecule has 1 unspecified atom stereocenters. The van der Waals surface area contributed by atoms with Crippen molar-refractivity contribution >= 4 is 29.1 Å². The number of aliphatic hydroxyl groups is 2. The summed E-state index contributed by atoms with van der Waals surface area (Å²) in [6, 6.07) is 9.18. The van der Waals surface area contributed by atoms with Crippen LogP contribution >= 0.6 is 11.6 Å². The van der Waals surface area contributed by atoms with Crippen molar-refractivity contribution in [1.29, 1.82) is 0 Å². The third kappa shape index (κ3) is 6.63. The first-order chi connectivity index (χ1) is 22.9. The average Bonchev–Trinajstić information content (AvgIpc) is 3.27. The van der Waals surface area contributed by atoms with Gasteiger partial charge in [0.05, 0.1) is 6.10 Å². The van der Waals surface area contributed by atoms with E-state index in [1.807, 2.05) is 25.1 Å². The number of ether oxygens (including phenoxy) is 1. The van der Waals surface area contributed by atoms with Gasteiger partial charge in [-0.3, -0.25) is 14.4 Å². The smallest absolute Gasteiger partial charge is 0.303 e. The summed E-state index contributed by atoms with van der Waals surface area (Å²) in [5.41, 5.74) is 0.104. The lowest BCUT2D eigenvalue weighted by Gasteiger charge is -2.60. The zero-order valence-electron chi connectivity index (χ0n) is 30.8. The number of benzene rings is 1. The van der Waals surface area contributed by atoms with Crippen LogP contribution in [0.4, 0.5) is 0 Å². The molecule has 0 spiro atoms. The number of aliphatic hydroxyl groups excluding tert-OH is 1. The highest BCUT2D eigenvalue weighted by atomic mass is 35.5. The summed E-state index contributed by atoms with van der Waals surface area (Å²) >= 11 is 6.04. The van der Waals surface area contributed by atoms with Crippen LogP contribution in [0.1, 0.15) is 98.5 Å². The number of halogens is 1. The molecule has 0 aromatic heterocycles. The second kappa shape index (κ2) is 14.0. The van der Waals surface area contributed by atoms with E-state index in [9.17, 15) is 24.6 Å². The molecule has 1 aromatic carbocycles. The van der Waals surface area contributed by atoms with Crippen molar-refractivity contribution < 1.29 is 29.3 Å². The number of ketones is 2. The van der Waals surface area contributed by atoms with Crippen LogP contribution in [-0.2, 0) is 24.5 Å². The van der Waals surface area contributed by atoms with Gasteiger partial charge in [0.2, 0.25) is 5.78 Å². The molecule has 0 aliphatic heterocycles. The molecular weight excluding hydrogens is 638 g/mol. The number of rotatable bonds is 8. The van der Waals surface area contributed by atoms with Crippen molar-refractivity contribution in [3.63, 3.8) is 0 Å². The molecule has 5 aliphatic carbocycles. The molecule has 270 valence electrons. The predicted octanol–water partition coefficient (Wildman–Crippen LogP) is 7.11. The van der Waals surface area contributed by atoms with Gasteiger partial charge in [0.1, 0.15) is 5.60 Å². The summed E-state index contributed by atoms with van der Waals surface area (Å²) < 4.78 is 4.89. The second-order valence-electron chi connectivity index (χ2n) is 17.0. The van der Waals surface area contributed by atoms with Gasteiger partial charge in [0.25, 0.3) is 0 Å². The number of fused-ring (bicyclic) bond motifs is 5. The number of hydrogen-bond acceptors (Lipinski definition) is 7. The van der Waals surface area contributed by atoms with E-state index in [4.69, 9.17) is 16.3 Å². The second-order valence-corrected chi connectivity index (χ2v) is 17.4. The fourth-order valence-corrected chi connectivity index (χ4v) is 11.2. The molecule has 0 bridgehead atoms. The van der Waals surface area contributed by atoms with E-state index < -0.39 is 40.9 Å². The summed E-state index contributed by atoms with van der Waals surface area (Å²) in [5.74, 6) is 0.0210. The Labute approximate surface area is 298 Å².